The van der Waals surface area contributed by atoms with Gasteiger partial charge in [-0.1, -0.05) is 38.3 Å². The molecular formula is C16H23ClN4. The second-order valence-corrected chi connectivity index (χ2v) is 6.13. The Morgan fingerprint density at radius 2 is 2.00 bits per heavy atom. The van der Waals surface area contributed by atoms with Crippen molar-refractivity contribution in [3.05, 3.63) is 17.0 Å². The van der Waals surface area contributed by atoms with Crippen LogP contribution in [0.1, 0.15) is 58.1 Å². The van der Waals surface area contributed by atoms with Gasteiger partial charge in [0.1, 0.15) is 10.7 Å². The molecule has 4 nitrogen and oxygen atoms in total. The Balaban J connectivity index is 0.000000636. The van der Waals surface area contributed by atoms with E-state index in [1.165, 1.54) is 25.7 Å². The summed E-state index contributed by atoms with van der Waals surface area (Å²) in [4.78, 5) is 9.20. The molecule has 0 amide bonds. The number of pyridine rings is 1. The zero-order valence-corrected chi connectivity index (χ0v) is 13.7. The number of aromatic nitrogens is 3. The van der Waals surface area contributed by atoms with Gasteiger partial charge in [0.05, 0.1) is 12.0 Å². The van der Waals surface area contributed by atoms with Crippen LogP contribution in [-0.2, 0) is 6.42 Å². The van der Waals surface area contributed by atoms with Crippen LogP contribution < -0.4 is 5.32 Å². The molecule has 1 fully saturated rings. The molecular weight excluding hydrogens is 284 g/mol. The number of hydrogen-bond acceptors (Lipinski definition) is 3. The molecule has 1 aliphatic heterocycles. The Kier molecular flexibility index (Phi) is 4.07. The first-order valence-electron chi connectivity index (χ1n) is 8.05. The Morgan fingerprint density at radius 1 is 1.29 bits per heavy atom. The lowest BCUT2D eigenvalue weighted by Gasteiger charge is -2.12. The highest BCUT2D eigenvalue weighted by atomic mass is 35.5. The van der Waals surface area contributed by atoms with E-state index in [-0.39, 0.29) is 0 Å². The van der Waals surface area contributed by atoms with Gasteiger partial charge in [-0.05, 0) is 26.2 Å². The first-order chi connectivity index (χ1) is 10.2. The normalized spacial score (nSPS) is 21.0. The minimum atomic E-state index is 0.413. The van der Waals surface area contributed by atoms with Crippen LogP contribution in [0.25, 0.3) is 11.2 Å². The van der Waals surface area contributed by atoms with E-state index in [1.54, 1.807) is 0 Å². The van der Waals surface area contributed by atoms with Crippen LogP contribution in [0.2, 0.25) is 5.15 Å². The van der Waals surface area contributed by atoms with E-state index in [9.17, 15) is 0 Å². The number of halogens is 1. The maximum atomic E-state index is 6.36. The van der Waals surface area contributed by atoms with E-state index in [0.29, 0.717) is 17.2 Å². The Bertz CT molecular complexity index is 643. The van der Waals surface area contributed by atoms with E-state index in [0.717, 1.165) is 28.8 Å². The van der Waals surface area contributed by atoms with Crippen molar-refractivity contribution in [2.24, 2.45) is 0 Å². The van der Waals surface area contributed by atoms with Crippen molar-refractivity contribution in [2.75, 3.05) is 5.32 Å². The topological polar surface area (TPSA) is 42.7 Å². The molecule has 1 unspecified atom stereocenters. The molecule has 4 rings (SSSR count). The van der Waals surface area contributed by atoms with Crippen molar-refractivity contribution in [2.45, 2.75) is 65.0 Å². The number of nitrogens with zero attached hydrogens (tertiary/aromatic N) is 3. The number of anilines is 1. The molecule has 21 heavy (non-hydrogen) atoms. The Labute approximate surface area is 130 Å². The van der Waals surface area contributed by atoms with Crippen molar-refractivity contribution in [3.8, 4) is 0 Å². The van der Waals surface area contributed by atoms with Crippen LogP contribution in [0.3, 0.4) is 0 Å². The number of rotatable bonds is 1. The molecule has 114 valence electrons. The van der Waals surface area contributed by atoms with Gasteiger partial charge in [-0.25, -0.2) is 9.97 Å². The summed E-state index contributed by atoms with van der Waals surface area (Å²) in [7, 11) is 0. The fourth-order valence-corrected chi connectivity index (χ4v) is 3.69. The highest BCUT2D eigenvalue weighted by Crippen LogP contribution is 2.38. The summed E-state index contributed by atoms with van der Waals surface area (Å²) in [6.07, 6.45) is 7.94. The maximum absolute atomic E-state index is 6.36. The molecule has 5 heteroatoms. The summed E-state index contributed by atoms with van der Waals surface area (Å²) in [5.74, 6) is 0. The third-order valence-electron chi connectivity index (χ3n) is 4.38. The molecule has 1 N–H and O–H groups in total. The van der Waals surface area contributed by atoms with E-state index in [1.807, 2.05) is 20.2 Å². The van der Waals surface area contributed by atoms with Gasteiger partial charge < -0.3 is 9.88 Å². The molecule has 0 aromatic carbocycles. The van der Waals surface area contributed by atoms with Crippen molar-refractivity contribution >= 4 is 28.5 Å². The van der Waals surface area contributed by atoms with Gasteiger partial charge in [0.15, 0.2) is 5.65 Å². The van der Waals surface area contributed by atoms with E-state index >= 15 is 0 Å². The van der Waals surface area contributed by atoms with Crippen LogP contribution >= 0.6 is 11.6 Å². The Hall–Kier alpha value is -1.29. The van der Waals surface area contributed by atoms with Crippen molar-refractivity contribution in [1.29, 1.82) is 0 Å². The first kappa shape index (κ1) is 14.6. The van der Waals surface area contributed by atoms with Gasteiger partial charge in [-0.3, -0.25) is 0 Å². The van der Waals surface area contributed by atoms with Gasteiger partial charge in [-0.15, -0.1) is 0 Å². The lowest BCUT2D eigenvalue weighted by atomic mass is 10.1. The van der Waals surface area contributed by atoms with Crippen LogP contribution in [0.5, 0.6) is 0 Å². The van der Waals surface area contributed by atoms with E-state index < -0.39 is 0 Å². The van der Waals surface area contributed by atoms with Crippen LogP contribution in [0, 0.1) is 0 Å². The van der Waals surface area contributed by atoms with Crippen molar-refractivity contribution < 1.29 is 0 Å². The number of hydrogen-bond donors (Lipinski definition) is 1. The maximum Gasteiger partial charge on any atom is 0.163 e. The number of imidazole rings is 1. The quantitative estimate of drug-likeness (QED) is 0.784. The summed E-state index contributed by atoms with van der Waals surface area (Å²) in [6, 6.07) is 0.960. The standard InChI is InChI=1S/C14H17ClN4.C2H6/c1-8-6-10-11(17-8)12-14(18-13(10)15)19(7-16-12)9-4-2-3-5-9;1-2/h7-9,17H,2-6H2,1H3;1-2H3. The lowest BCUT2D eigenvalue weighted by molar-refractivity contribution is 0.529. The van der Waals surface area contributed by atoms with E-state index in [4.69, 9.17) is 11.6 Å². The van der Waals surface area contributed by atoms with Gasteiger partial charge in [0.2, 0.25) is 0 Å². The lowest BCUT2D eigenvalue weighted by Crippen LogP contribution is -2.08. The van der Waals surface area contributed by atoms with Crippen LogP contribution in [0.4, 0.5) is 5.69 Å². The zero-order chi connectivity index (χ0) is 15.0. The molecule has 1 atom stereocenters. The van der Waals surface area contributed by atoms with Crippen LogP contribution in [0.15, 0.2) is 6.33 Å². The second kappa shape index (κ2) is 5.84. The number of nitrogens with one attached hydrogen (secondary N) is 1. The average Bonchev–Trinajstić information content (AvgIpc) is 3.18. The highest BCUT2D eigenvalue weighted by molar-refractivity contribution is 6.31. The average molecular weight is 307 g/mol. The summed E-state index contributed by atoms with van der Waals surface area (Å²) in [5.41, 5.74) is 4.14. The molecule has 2 aromatic rings. The highest BCUT2D eigenvalue weighted by Gasteiger charge is 2.27. The predicted molar refractivity (Wildman–Crippen MR) is 88.2 cm³/mol. The van der Waals surface area contributed by atoms with Crippen molar-refractivity contribution in [3.63, 3.8) is 0 Å². The summed E-state index contributed by atoms with van der Waals surface area (Å²) in [6.45, 7) is 6.16. The van der Waals surface area contributed by atoms with Gasteiger partial charge >= 0.3 is 0 Å². The van der Waals surface area contributed by atoms with Gasteiger partial charge in [0, 0.05) is 17.6 Å². The summed E-state index contributed by atoms with van der Waals surface area (Å²) in [5, 5.41) is 4.12. The van der Waals surface area contributed by atoms with Crippen LogP contribution in [-0.4, -0.2) is 20.6 Å². The molecule has 1 saturated carbocycles. The third kappa shape index (κ3) is 2.39. The molecule has 0 bridgehead atoms. The molecule has 0 spiro atoms. The first-order valence-corrected chi connectivity index (χ1v) is 8.43. The molecule has 3 heterocycles. The van der Waals surface area contributed by atoms with Gasteiger partial charge in [-0.2, -0.15) is 0 Å². The SMILES string of the molecule is CC.CC1Cc2c(Cl)nc3c(ncn3C3CCCC3)c2N1. The predicted octanol–water partition coefficient (Wildman–Crippen LogP) is 4.58. The fraction of sp³-hybridized carbons (Fsp3) is 0.625. The summed E-state index contributed by atoms with van der Waals surface area (Å²) < 4.78 is 2.22. The zero-order valence-electron chi connectivity index (χ0n) is 13.0. The third-order valence-corrected chi connectivity index (χ3v) is 4.69. The monoisotopic (exact) mass is 306 g/mol. The second-order valence-electron chi connectivity index (χ2n) is 5.77. The Morgan fingerprint density at radius 3 is 2.71 bits per heavy atom. The molecule has 2 aromatic heterocycles. The smallest absolute Gasteiger partial charge is 0.163 e. The van der Waals surface area contributed by atoms with Crippen molar-refractivity contribution in [1.82, 2.24) is 14.5 Å². The fourth-order valence-electron chi connectivity index (χ4n) is 3.44. The summed E-state index contributed by atoms with van der Waals surface area (Å²) >= 11 is 6.36. The number of fused-ring (bicyclic) bond motifs is 3. The molecule has 0 radical (unpaired) electrons. The molecule has 1 aliphatic carbocycles. The largest absolute Gasteiger partial charge is 0.380 e. The van der Waals surface area contributed by atoms with E-state index in [2.05, 4.69) is 26.8 Å². The minimum Gasteiger partial charge on any atom is -0.380 e. The van der Waals surface area contributed by atoms with Gasteiger partial charge in [0.25, 0.3) is 0 Å². The minimum absolute atomic E-state index is 0.413. The molecule has 0 saturated heterocycles. The molecule has 2 aliphatic rings.